The minimum Gasteiger partial charge on any atom is -0.396 e. The molecule has 1 atom stereocenters. The molecule has 16 heavy (non-hydrogen) atoms. The van der Waals surface area contributed by atoms with E-state index in [4.69, 9.17) is 10.5 Å². The van der Waals surface area contributed by atoms with Gasteiger partial charge in [-0.1, -0.05) is 0 Å². The quantitative estimate of drug-likeness (QED) is 0.775. The smallest absolute Gasteiger partial charge is 0.149 e. The molecule has 5 nitrogen and oxygen atoms in total. The molecule has 88 valence electrons. The van der Waals surface area contributed by atoms with E-state index in [0.29, 0.717) is 5.69 Å². The van der Waals surface area contributed by atoms with Crippen LogP contribution in [0.2, 0.25) is 0 Å². The zero-order valence-electron chi connectivity index (χ0n) is 9.52. The van der Waals surface area contributed by atoms with Crippen molar-refractivity contribution >= 4 is 11.5 Å². The summed E-state index contributed by atoms with van der Waals surface area (Å²) in [7, 11) is 2.10. The molecule has 2 heterocycles. The van der Waals surface area contributed by atoms with Crippen LogP contribution in [0, 0.1) is 0 Å². The van der Waals surface area contributed by atoms with E-state index in [9.17, 15) is 0 Å². The summed E-state index contributed by atoms with van der Waals surface area (Å²) < 4.78 is 5.64. The Morgan fingerprint density at radius 1 is 1.69 bits per heavy atom. The standard InChI is InChI=1S/C11H18N4O/c1-15-5-6-16-9(8-15)7-14-11-10(12)3-2-4-13-11/h2-4,9H,5-8,12H2,1H3,(H,13,14). The third-order valence-electron chi connectivity index (χ3n) is 2.68. The molecule has 0 saturated carbocycles. The minimum absolute atomic E-state index is 0.208. The zero-order chi connectivity index (χ0) is 11.4. The van der Waals surface area contributed by atoms with E-state index in [-0.39, 0.29) is 6.10 Å². The second-order valence-corrected chi connectivity index (χ2v) is 4.08. The number of likely N-dealkylation sites (N-methyl/N-ethyl adjacent to an activating group) is 1. The van der Waals surface area contributed by atoms with Crippen LogP contribution < -0.4 is 11.1 Å². The van der Waals surface area contributed by atoms with E-state index < -0.39 is 0 Å². The van der Waals surface area contributed by atoms with Crippen LogP contribution in [-0.2, 0) is 4.74 Å². The third-order valence-corrected chi connectivity index (χ3v) is 2.68. The molecule has 3 N–H and O–H groups in total. The van der Waals surface area contributed by atoms with Crippen LogP contribution in [-0.4, -0.2) is 49.3 Å². The molecule has 1 aromatic rings. The van der Waals surface area contributed by atoms with E-state index >= 15 is 0 Å². The molecule has 1 fully saturated rings. The molecular formula is C11H18N4O. The number of hydrogen-bond acceptors (Lipinski definition) is 5. The molecule has 1 aliphatic rings. The van der Waals surface area contributed by atoms with Gasteiger partial charge in [-0.05, 0) is 19.2 Å². The normalized spacial score (nSPS) is 21.9. The van der Waals surface area contributed by atoms with Crippen molar-refractivity contribution < 1.29 is 4.74 Å². The van der Waals surface area contributed by atoms with Gasteiger partial charge in [0.25, 0.3) is 0 Å². The molecule has 0 radical (unpaired) electrons. The van der Waals surface area contributed by atoms with Gasteiger partial charge in [-0.15, -0.1) is 0 Å². The van der Waals surface area contributed by atoms with Gasteiger partial charge in [-0.25, -0.2) is 4.98 Å². The monoisotopic (exact) mass is 222 g/mol. The molecule has 2 rings (SSSR count). The van der Waals surface area contributed by atoms with Crippen LogP contribution in [0.1, 0.15) is 0 Å². The highest BCUT2D eigenvalue weighted by molar-refractivity contribution is 5.60. The zero-order valence-corrected chi connectivity index (χ0v) is 9.52. The fraction of sp³-hybridized carbons (Fsp3) is 0.545. The van der Waals surface area contributed by atoms with E-state index in [1.54, 1.807) is 6.20 Å². The molecule has 1 aliphatic heterocycles. The highest BCUT2D eigenvalue weighted by atomic mass is 16.5. The summed E-state index contributed by atoms with van der Waals surface area (Å²) in [6.07, 6.45) is 1.94. The molecule has 0 aliphatic carbocycles. The van der Waals surface area contributed by atoms with Crippen molar-refractivity contribution in [3.63, 3.8) is 0 Å². The predicted molar refractivity (Wildman–Crippen MR) is 64.4 cm³/mol. The Morgan fingerprint density at radius 3 is 3.31 bits per heavy atom. The van der Waals surface area contributed by atoms with Gasteiger partial charge in [0, 0.05) is 25.8 Å². The summed E-state index contributed by atoms with van der Waals surface area (Å²) in [5.41, 5.74) is 6.46. The van der Waals surface area contributed by atoms with E-state index in [0.717, 1.165) is 32.1 Å². The summed E-state index contributed by atoms with van der Waals surface area (Å²) >= 11 is 0. The van der Waals surface area contributed by atoms with Crippen molar-refractivity contribution in [2.24, 2.45) is 0 Å². The van der Waals surface area contributed by atoms with Crippen LogP contribution in [0.5, 0.6) is 0 Å². The molecule has 1 aromatic heterocycles. The molecule has 0 aromatic carbocycles. The number of aromatic nitrogens is 1. The number of nitrogens with one attached hydrogen (secondary N) is 1. The van der Waals surface area contributed by atoms with Crippen molar-refractivity contribution in [3.8, 4) is 0 Å². The maximum absolute atomic E-state index is 5.79. The highest BCUT2D eigenvalue weighted by Crippen LogP contribution is 2.13. The predicted octanol–water partition coefficient (Wildman–Crippen LogP) is 0.406. The molecule has 0 amide bonds. The van der Waals surface area contributed by atoms with Gasteiger partial charge in [0.2, 0.25) is 0 Å². The van der Waals surface area contributed by atoms with E-state index in [1.807, 2.05) is 12.1 Å². The maximum atomic E-state index is 5.79. The highest BCUT2D eigenvalue weighted by Gasteiger charge is 2.17. The summed E-state index contributed by atoms with van der Waals surface area (Å²) in [5.74, 6) is 0.735. The molecule has 5 heteroatoms. The van der Waals surface area contributed by atoms with Crippen molar-refractivity contribution in [3.05, 3.63) is 18.3 Å². The Bertz CT molecular complexity index is 345. The topological polar surface area (TPSA) is 63.4 Å². The average Bonchev–Trinajstić information content (AvgIpc) is 2.28. The first-order valence-electron chi connectivity index (χ1n) is 5.50. The fourth-order valence-electron chi connectivity index (χ4n) is 1.77. The minimum atomic E-state index is 0.208. The molecule has 1 unspecified atom stereocenters. The Hall–Kier alpha value is -1.33. The lowest BCUT2D eigenvalue weighted by atomic mass is 10.3. The molecular weight excluding hydrogens is 204 g/mol. The lowest BCUT2D eigenvalue weighted by Gasteiger charge is -2.30. The largest absolute Gasteiger partial charge is 0.396 e. The van der Waals surface area contributed by atoms with Gasteiger partial charge in [0.1, 0.15) is 5.82 Å². The lowest BCUT2D eigenvalue weighted by molar-refractivity contribution is -0.0117. The summed E-state index contributed by atoms with van der Waals surface area (Å²) in [4.78, 5) is 6.44. The number of rotatable bonds is 3. The number of pyridine rings is 1. The first-order valence-corrected chi connectivity index (χ1v) is 5.50. The summed E-state index contributed by atoms with van der Waals surface area (Å²) in [5, 5.41) is 3.22. The van der Waals surface area contributed by atoms with Crippen molar-refractivity contribution in [1.29, 1.82) is 0 Å². The number of anilines is 2. The Labute approximate surface area is 95.6 Å². The molecule has 0 spiro atoms. The van der Waals surface area contributed by atoms with Crippen LogP contribution in [0.25, 0.3) is 0 Å². The van der Waals surface area contributed by atoms with Gasteiger partial charge in [0.05, 0.1) is 18.4 Å². The molecule has 1 saturated heterocycles. The van der Waals surface area contributed by atoms with Crippen LogP contribution >= 0.6 is 0 Å². The van der Waals surface area contributed by atoms with Crippen molar-refractivity contribution in [1.82, 2.24) is 9.88 Å². The van der Waals surface area contributed by atoms with Gasteiger partial charge in [-0.3, -0.25) is 0 Å². The number of nitrogen functional groups attached to an aromatic ring is 1. The number of morpholine rings is 1. The van der Waals surface area contributed by atoms with Crippen LogP contribution in [0.15, 0.2) is 18.3 Å². The Morgan fingerprint density at radius 2 is 2.56 bits per heavy atom. The Kier molecular flexibility index (Phi) is 3.58. The summed E-state index contributed by atoms with van der Waals surface area (Å²) in [6.45, 7) is 3.48. The lowest BCUT2D eigenvalue weighted by Crippen LogP contribution is -2.43. The van der Waals surface area contributed by atoms with Gasteiger partial charge in [0.15, 0.2) is 0 Å². The van der Waals surface area contributed by atoms with Crippen LogP contribution in [0.3, 0.4) is 0 Å². The second-order valence-electron chi connectivity index (χ2n) is 4.08. The van der Waals surface area contributed by atoms with Crippen molar-refractivity contribution in [2.45, 2.75) is 6.10 Å². The number of ether oxygens (including phenoxy) is 1. The summed E-state index contributed by atoms with van der Waals surface area (Å²) in [6, 6.07) is 3.66. The number of hydrogen-bond donors (Lipinski definition) is 2. The van der Waals surface area contributed by atoms with Gasteiger partial charge < -0.3 is 20.7 Å². The van der Waals surface area contributed by atoms with E-state index in [2.05, 4.69) is 22.2 Å². The van der Waals surface area contributed by atoms with Crippen LogP contribution in [0.4, 0.5) is 11.5 Å². The maximum Gasteiger partial charge on any atom is 0.149 e. The molecule has 0 bridgehead atoms. The fourth-order valence-corrected chi connectivity index (χ4v) is 1.77. The first-order chi connectivity index (χ1) is 7.75. The average molecular weight is 222 g/mol. The number of nitrogens with zero attached hydrogens (tertiary/aromatic N) is 2. The van der Waals surface area contributed by atoms with E-state index in [1.165, 1.54) is 0 Å². The second kappa shape index (κ2) is 5.14. The van der Waals surface area contributed by atoms with Gasteiger partial charge >= 0.3 is 0 Å². The Balaban J connectivity index is 1.85. The third kappa shape index (κ3) is 2.84. The van der Waals surface area contributed by atoms with Gasteiger partial charge in [-0.2, -0.15) is 0 Å². The van der Waals surface area contributed by atoms with Crippen molar-refractivity contribution in [2.75, 3.05) is 44.3 Å². The number of nitrogens with two attached hydrogens (primary N) is 1. The SMILES string of the molecule is CN1CCOC(CNc2ncccc2N)C1. The first kappa shape index (κ1) is 11.2.